The second-order valence-electron chi connectivity index (χ2n) is 4.43. The summed E-state index contributed by atoms with van der Waals surface area (Å²) in [6, 6.07) is 6.24. The van der Waals surface area contributed by atoms with Crippen LogP contribution in [0.3, 0.4) is 0 Å². The topological polar surface area (TPSA) is 61.7 Å². The lowest BCUT2D eigenvalue weighted by Gasteiger charge is -2.12. The van der Waals surface area contributed by atoms with Crippen LogP contribution >= 0.6 is 0 Å². The number of benzene rings is 1. The Morgan fingerprint density at radius 3 is 2.86 bits per heavy atom. The van der Waals surface area contributed by atoms with E-state index in [1.54, 1.807) is 6.07 Å². The summed E-state index contributed by atoms with van der Waals surface area (Å²) in [4.78, 5) is 6.43. The molecule has 0 aliphatic heterocycles. The molecule has 0 saturated heterocycles. The number of ether oxygens (including phenoxy) is 1. The number of nitrogens with one attached hydrogen (secondary N) is 1. The van der Waals surface area contributed by atoms with Gasteiger partial charge in [0, 0.05) is 29.4 Å². The molecule has 3 aromatic rings. The van der Waals surface area contributed by atoms with Gasteiger partial charge in [-0.05, 0) is 12.1 Å². The van der Waals surface area contributed by atoms with E-state index in [1.807, 2.05) is 6.07 Å². The summed E-state index contributed by atoms with van der Waals surface area (Å²) in [5.41, 5.74) is 0.485. The molecule has 108 valence electrons. The van der Waals surface area contributed by atoms with E-state index in [2.05, 4.69) is 16.5 Å². The number of nitriles is 1. The number of nitrogens with zero attached hydrogens (tertiary/aromatic N) is 2. The Labute approximate surface area is 124 Å². The lowest BCUT2D eigenvalue weighted by atomic mass is 10.1. The van der Waals surface area contributed by atoms with Crippen molar-refractivity contribution in [2.45, 2.75) is 0 Å². The second kappa shape index (κ2) is 5.30. The molecule has 0 unspecified atom stereocenters. The van der Waals surface area contributed by atoms with Crippen molar-refractivity contribution in [1.29, 1.82) is 5.26 Å². The Hall–Kier alpha value is -3.20. The molecule has 1 aromatic carbocycles. The lowest BCUT2D eigenvalue weighted by molar-refractivity contribution is 0.418. The fourth-order valence-electron chi connectivity index (χ4n) is 2.18. The molecular weight excluding hydrogens is 288 g/mol. The van der Waals surface area contributed by atoms with Crippen molar-refractivity contribution in [3.05, 3.63) is 60.1 Å². The highest BCUT2D eigenvalue weighted by Crippen LogP contribution is 2.37. The van der Waals surface area contributed by atoms with Crippen LogP contribution in [0.4, 0.5) is 8.78 Å². The normalized spacial score (nSPS) is 10.4. The molecule has 2 aromatic heterocycles. The molecular formula is C16H9F2N3O. The SMILES string of the molecule is C=Cc1c(Oc2ccnc(C#N)c2)c(F)c(F)c2[nH]ccc12. The first kappa shape index (κ1) is 13.8. The molecule has 0 aliphatic carbocycles. The fraction of sp³-hybridized carbons (Fsp3) is 0. The Morgan fingerprint density at radius 2 is 2.14 bits per heavy atom. The number of fused-ring (bicyclic) bond motifs is 1. The minimum absolute atomic E-state index is 0.0483. The van der Waals surface area contributed by atoms with Crippen LogP contribution in [0, 0.1) is 23.0 Å². The molecule has 1 N–H and O–H groups in total. The van der Waals surface area contributed by atoms with E-state index in [0.717, 1.165) is 0 Å². The van der Waals surface area contributed by atoms with Gasteiger partial charge < -0.3 is 9.72 Å². The van der Waals surface area contributed by atoms with Crippen molar-refractivity contribution in [2.24, 2.45) is 0 Å². The smallest absolute Gasteiger partial charge is 0.204 e. The zero-order chi connectivity index (χ0) is 15.7. The van der Waals surface area contributed by atoms with Crippen LogP contribution in [-0.2, 0) is 0 Å². The molecule has 0 radical (unpaired) electrons. The Bertz CT molecular complexity index is 925. The minimum atomic E-state index is -1.12. The number of aromatic nitrogens is 2. The first-order chi connectivity index (χ1) is 10.7. The summed E-state index contributed by atoms with van der Waals surface area (Å²) in [6.45, 7) is 3.62. The summed E-state index contributed by atoms with van der Waals surface area (Å²) in [5, 5.41) is 9.28. The lowest BCUT2D eigenvalue weighted by Crippen LogP contribution is -1.97. The van der Waals surface area contributed by atoms with Crippen LogP contribution in [0.25, 0.3) is 17.0 Å². The number of H-pyrrole nitrogens is 1. The summed E-state index contributed by atoms with van der Waals surface area (Å²) < 4.78 is 33.8. The van der Waals surface area contributed by atoms with Gasteiger partial charge in [-0.2, -0.15) is 9.65 Å². The van der Waals surface area contributed by atoms with E-state index in [0.29, 0.717) is 10.9 Å². The third kappa shape index (κ3) is 2.09. The van der Waals surface area contributed by atoms with Gasteiger partial charge in [-0.25, -0.2) is 9.37 Å². The highest BCUT2D eigenvalue weighted by molar-refractivity contribution is 5.91. The van der Waals surface area contributed by atoms with Crippen LogP contribution in [0.1, 0.15) is 11.3 Å². The number of pyridine rings is 1. The van der Waals surface area contributed by atoms with Gasteiger partial charge in [0.05, 0.1) is 5.52 Å². The second-order valence-corrected chi connectivity index (χ2v) is 4.43. The Balaban J connectivity index is 2.19. The number of aromatic amines is 1. The van der Waals surface area contributed by atoms with Gasteiger partial charge in [-0.3, -0.25) is 0 Å². The van der Waals surface area contributed by atoms with Crippen molar-refractivity contribution in [2.75, 3.05) is 0 Å². The van der Waals surface area contributed by atoms with Gasteiger partial charge in [-0.1, -0.05) is 12.7 Å². The van der Waals surface area contributed by atoms with Gasteiger partial charge >= 0.3 is 0 Å². The molecule has 22 heavy (non-hydrogen) atoms. The van der Waals surface area contributed by atoms with E-state index < -0.39 is 11.6 Å². The van der Waals surface area contributed by atoms with E-state index >= 15 is 0 Å². The quantitative estimate of drug-likeness (QED) is 0.790. The zero-order valence-electron chi connectivity index (χ0n) is 11.2. The van der Waals surface area contributed by atoms with Crippen molar-refractivity contribution in [3.63, 3.8) is 0 Å². The number of rotatable bonds is 3. The molecule has 6 heteroatoms. The monoisotopic (exact) mass is 297 g/mol. The van der Waals surface area contributed by atoms with Crippen LogP contribution in [0.15, 0.2) is 37.2 Å². The van der Waals surface area contributed by atoms with Gasteiger partial charge in [0.2, 0.25) is 5.82 Å². The molecule has 0 spiro atoms. The number of halogens is 2. The molecule has 0 aliphatic rings. The zero-order valence-corrected chi connectivity index (χ0v) is 11.2. The summed E-state index contributed by atoms with van der Waals surface area (Å²) >= 11 is 0. The molecule has 2 heterocycles. The van der Waals surface area contributed by atoms with E-state index in [-0.39, 0.29) is 22.7 Å². The summed E-state index contributed by atoms with van der Waals surface area (Å²) in [5.74, 6) is -2.26. The minimum Gasteiger partial charge on any atom is -0.453 e. The third-order valence-electron chi connectivity index (χ3n) is 3.16. The van der Waals surface area contributed by atoms with Crippen molar-refractivity contribution >= 4 is 17.0 Å². The number of hydrogen-bond acceptors (Lipinski definition) is 3. The maximum Gasteiger partial charge on any atom is 0.204 e. The molecule has 4 nitrogen and oxygen atoms in total. The van der Waals surface area contributed by atoms with E-state index in [4.69, 9.17) is 10.00 Å². The average Bonchev–Trinajstić information content (AvgIpc) is 3.02. The third-order valence-corrected chi connectivity index (χ3v) is 3.16. The highest BCUT2D eigenvalue weighted by atomic mass is 19.2. The molecule has 0 bridgehead atoms. The average molecular weight is 297 g/mol. The molecule has 0 saturated carbocycles. The van der Waals surface area contributed by atoms with Gasteiger partial charge in [0.15, 0.2) is 11.6 Å². The standard InChI is InChI=1S/C16H9F2N3O/c1-2-11-12-4-6-21-15(12)13(17)14(18)16(11)22-10-3-5-20-9(7-10)8-19/h2-7,21H,1H2. The largest absolute Gasteiger partial charge is 0.453 e. The maximum atomic E-state index is 14.3. The predicted molar refractivity (Wildman–Crippen MR) is 77.3 cm³/mol. The first-order valence-electron chi connectivity index (χ1n) is 6.30. The molecule has 0 fully saturated rings. The van der Waals surface area contributed by atoms with Gasteiger partial charge in [0.1, 0.15) is 17.5 Å². The van der Waals surface area contributed by atoms with Crippen LogP contribution in [0.5, 0.6) is 11.5 Å². The molecule has 0 amide bonds. The predicted octanol–water partition coefficient (Wildman–Crippen LogP) is 4.15. The van der Waals surface area contributed by atoms with Gasteiger partial charge in [-0.15, -0.1) is 0 Å². The Morgan fingerprint density at radius 1 is 1.32 bits per heavy atom. The van der Waals surface area contributed by atoms with Crippen LogP contribution < -0.4 is 4.74 Å². The van der Waals surface area contributed by atoms with Crippen LogP contribution in [0.2, 0.25) is 0 Å². The van der Waals surface area contributed by atoms with E-state index in [9.17, 15) is 8.78 Å². The van der Waals surface area contributed by atoms with Crippen molar-refractivity contribution in [3.8, 4) is 17.6 Å². The van der Waals surface area contributed by atoms with Crippen molar-refractivity contribution in [1.82, 2.24) is 9.97 Å². The van der Waals surface area contributed by atoms with E-state index in [1.165, 1.54) is 30.6 Å². The number of hydrogen-bond donors (Lipinski definition) is 1. The summed E-state index contributed by atoms with van der Waals surface area (Å²) in [6.07, 6.45) is 4.25. The molecule has 0 atom stereocenters. The van der Waals surface area contributed by atoms with Crippen molar-refractivity contribution < 1.29 is 13.5 Å². The Kier molecular flexibility index (Phi) is 3.31. The maximum absolute atomic E-state index is 14.3. The van der Waals surface area contributed by atoms with Gasteiger partial charge in [0.25, 0.3) is 0 Å². The summed E-state index contributed by atoms with van der Waals surface area (Å²) in [7, 11) is 0. The highest BCUT2D eigenvalue weighted by Gasteiger charge is 2.21. The molecule has 3 rings (SSSR count). The first-order valence-corrected chi connectivity index (χ1v) is 6.30. The fourth-order valence-corrected chi connectivity index (χ4v) is 2.18. The van der Waals surface area contributed by atoms with Crippen LogP contribution in [-0.4, -0.2) is 9.97 Å².